The standard InChI is InChI=1S/C12H13FOS/c1-8-4-11(13)3-2-9(8)5-10-6-15-7-12(10)14/h2-4,10H,5-7H2,1H3. The monoisotopic (exact) mass is 224 g/mol. The van der Waals surface area contributed by atoms with E-state index in [1.54, 1.807) is 17.8 Å². The van der Waals surface area contributed by atoms with Gasteiger partial charge in [0, 0.05) is 11.7 Å². The number of carbonyl (C=O) groups excluding carboxylic acids is 1. The topological polar surface area (TPSA) is 17.1 Å². The quantitative estimate of drug-likeness (QED) is 0.768. The van der Waals surface area contributed by atoms with E-state index >= 15 is 0 Å². The second-order valence-corrected chi connectivity index (χ2v) is 4.98. The predicted octanol–water partition coefficient (Wildman–Crippen LogP) is 2.61. The zero-order chi connectivity index (χ0) is 10.8. The van der Waals surface area contributed by atoms with Crippen LogP contribution in [0.5, 0.6) is 0 Å². The molecule has 1 nitrogen and oxygen atoms in total. The van der Waals surface area contributed by atoms with Crippen molar-refractivity contribution in [3.8, 4) is 0 Å². The molecule has 0 radical (unpaired) electrons. The third kappa shape index (κ3) is 2.40. The minimum Gasteiger partial charge on any atom is -0.298 e. The van der Waals surface area contributed by atoms with Crippen molar-refractivity contribution in [2.45, 2.75) is 13.3 Å². The molecule has 0 saturated carbocycles. The normalized spacial score (nSPS) is 20.9. The van der Waals surface area contributed by atoms with Crippen molar-refractivity contribution in [1.82, 2.24) is 0 Å². The average Bonchev–Trinajstić information content (AvgIpc) is 2.57. The van der Waals surface area contributed by atoms with Gasteiger partial charge in [-0.2, -0.15) is 11.8 Å². The smallest absolute Gasteiger partial charge is 0.146 e. The molecule has 15 heavy (non-hydrogen) atoms. The highest BCUT2D eigenvalue weighted by molar-refractivity contribution is 8.00. The first kappa shape index (κ1) is 10.7. The Bertz CT molecular complexity index is 389. The Hall–Kier alpha value is -0.830. The Balaban J connectivity index is 2.13. The molecule has 0 bridgehead atoms. The van der Waals surface area contributed by atoms with Crippen LogP contribution in [0.25, 0.3) is 0 Å². The minimum absolute atomic E-state index is 0.138. The number of thioether (sulfide) groups is 1. The largest absolute Gasteiger partial charge is 0.298 e. The molecule has 0 aromatic heterocycles. The van der Waals surface area contributed by atoms with Crippen LogP contribution in [0.3, 0.4) is 0 Å². The maximum absolute atomic E-state index is 12.9. The number of carbonyl (C=O) groups is 1. The highest BCUT2D eigenvalue weighted by Gasteiger charge is 2.25. The van der Waals surface area contributed by atoms with Crippen LogP contribution in [-0.2, 0) is 11.2 Å². The molecule has 1 fully saturated rings. The van der Waals surface area contributed by atoms with Gasteiger partial charge in [0.2, 0.25) is 0 Å². The average molecular weight is 224 g/mol. The fraction of sp³-hybridized carbons (Fsp3) is 0.417. The first-order valence-electron chi connectivity index (χ1n) is 5.02. The van der Waals surface area contributed by atoms with Gasteiger partial charge in [0.15, 0.2) is 0 Å². The van der Waals surface area contributed by atoms with E-state index in [9.17, 15) is 9.18 Å². The molecule has 1 aromatic carbocycles. The number of halogens is 1. The molecule has 1 aromatic rings. The van der Waals surface area contributed by atoms with E-state index < -0.39 is 0 Å². The van der Waals surface area contributed by atoms with Crippen molar-refractivity contribution >= 4 is 17.5 Å². The van der Waals surface area contributed by atoms with Gasteiger partial charge in [-0.05, 0) is 36.6 Å². The Labute approximate surface area is 93.1 Å². The van der Waals surface area contributed by atoms with Crippen molar-refractivity contribution in [3.63, 3.8) is 0 Å². The summed E-state index contributed by atoms with van der Waals surface area (Å²) in [6.07, 6.45) is 0.762. The van der Waals surface area contributed by atoms with Crippen molar-refractivity contribution < 1.29 is 9.18 Å². The van der Waals surface area contributed by atoms with E-state index in [2.05, 4.69) is 0 Å². The SMILES string of the molecule is Cc1cc(F)ccc1CC1CSCC1=O. The Morgan fingerprint density at radius 1 is 1.53 bits per heavy atom. The lowest BCUT2D eigenvalue weighted by molar-refractivity contribution is -0.119. The highest BCUT2D eigenvalue weighted by atomic mass is 32.2. The van der Waals surface area contributed by atoms with Crippen molar-refractivity contribution in [3.05, 3.63) is 35.1 Å². The number of aryl methyl sites for hydroxylation is 1. The van der Waals surface area contributed by atoms with Crippen LogP contribution in [0, 0.1) is 18.7 Å². The number of ketones is 1. The van der Waals surface area contributed by atoms with Gasteiger partial charge in [-0.1, -0.05) is 6.07 Å². The van der Waals surface area contributed by atoms with E-state index in [1.165, 1.54) is 12.1 Å². The Morgan fingerprint density at radius 2 is 2.33 bits per heavy atom. The molecule has 1 saturated heterocycles. The highest BCUT2D eigenvalue weighted by Crippen LogP contribution is 2.25. The summed E-state index contributed by atoms with van der Waals surface area (Å²) in [6.45, 7) is 1.89. The molecular formula is C12H13FOS. The summed E-state index contributed by atoms with van der Waals surface area (Å²) in [5.41, 5.74) is 2.04. The van der Waals surface area contributed by atoms with Crippen LogP contribution in [-0.4, -0.2) is 17.3 Å². The van der Waals surface area contributed by atoms with E-state index in [4.69, 9.17) is 0 Å². The fourth-order valence-corrected chi connectivity index (χ4v) is 2.98. The lowest BCUT2D eigenvalue weighted by Gasteiger charge is -2.09. The molecule has 2 rings (SSSR count). The van der Waals surface area contributed by atoms with Crippen molar-refractivity contribution in [2.75, 3.05) is 11.5 Å². The van der Waals surface area contributed by atoms with Gasteiger partial charge in [-0.25, -0.2) is 4.39 Å². The second-order valence-electron chi connectivity index (χ2n) is 3.95. The van der Waals surface area contributed by atoms with E-state index in [1.807, 2.05) is 6.92 Å². The minimum atomic E-state index is -0.205. The molecule has 0 N–H and O–H groups in total. The first-order valence-corrected chi connectivity index (χ1v) is 6.18. The Kier molecular flexibility index (Phi) is 3.10. The summed E-state index contributed by atoms with van der Waals surface area (Å²) in [5.74, 6) is 1.83. The summed E-state index contributed by atoms with van der Waals surface area (Å²) >= 11 is 1.69. The molecule has 1 heterocycles. The fourth-order valence-electron chi connectivity index (χ4n) is 1.84. The summed E-state index contributed by atoms with van der Waals surface area (Å²) in [4.78, 5) is 11.5. The number of Topliss-reactive ketones (excluding diaryl/α,β-unsaturated/α-hetero) is 1. The van der Waals surface area contributed by atoms with E-state index in [0.717, 1.165) is 23.3 Å². The summed E-state index contributed by atoms with van der Waals surface area (Å²) in [6, 6.07) is 4.79. The maximum atomic E-state index is 12.9. The third-order valence-corrected chi connectivity index (χ3v) is 3.92. The van der Waals surface area contributed by atoms with Crippen LogP contribution >= 0.6 is 11.8 Å². The molecule has 0 amide bonds. The van der Waals surface area contributed by atoms with Gasteiger partial charge in [0.25, 0.3) is 0 Å². The molecule has 1 aliphatic rings. The van der Waals surface area contributed by atoms with Gasteiger partial charge in [0.05, 0.1) is 5.75 Å². The van der Waals surface area contributed by atoms with Gasteiger partial charge >= 0.3 is 0 Å². The van der Waals surface area contributed by atoms with Crippen molar-refractivity contribution in [1.29, 1.82) is 0 Å². The number of benzene rings is 1. The van der Waals surface area contributed by atoms with E-state index in [0.29, 0.717) is 11.5 Å². The van der Waals surface area contributed by atoms with Crippen LogP contribution in [0.15, 0.2) is 18.2 Å². The van der Waals surface area contributed by atoms with Crippen LogP contribution < -0.4 is 0 Å². The molecule has 1 unspecified atom stereocenters. The second kappa shape index (κ2) is 4.35. The molecular weight excluding hydrogens is 211 g/mol. The van der Waals surface area contributed by atoms with Gasteiger partial charge in [-0.3, -0.25) is 4.79 Å². The molecule has 80 valence electrons. The lowest BCUT2D eigenvalue weighted by atomic mass is 9.95. The van der Waals surface area contributed by atoms with Gasteiger partial charge in [0.1, 0.15) is 11.6 Å². The molecule has 0 aliphatic carbocycles. The van der Waals surface area contributed by atoms with Gasteiger partial charge in [-0.15, -0.1) is 0 Å². The maximum Gasteiger partial charge on any atom is 0.146 e. The van der Waals surface area contributed by atoms with Crippen LogP contribution in [0.1, 0.15) is 11.1 Å². The molecule has 0 spiro atoms. The molecule has 3 heteroatoms. The predicted molar refractivity (Wildman–Crippen MR) is 60.7 cm³/mol. The molecule has 1 aliphatic heterocycles. The Morgan fingerprint density at radius 3 is 2.93 bits per heavy atom. The summed E-state index contributed by atoms with van der Waals surface area (Å²) in [5, 5.41) is 0. The van der Waals surface area contributed by atoms with Gasteiger partial charge < -0.3 is 0 Å². The summed E-state index contributed by atoms with van der Waals surface area (Å²) in [7, 11) is 0. The summed E-state index contributed by atoms with van der Waals surface area (Å²) < 4.78 is 12.9. The third-order valence-electron chi connectivity index (χ3n) is 2.79. The zero-order valence-electron chi connectivity index (χ0n) is 8.63. The van der Waals surface area contributed by atoms with E-state index in [-0.39, 0.29) is 11.7 Å². The first-order chi connectivity index (χ1) is 7.16. The number of hydrogen-bond acceptors (Lipinski definition) is 2. The van der Waals surface area contributed by atoms with Crippen LogP contribution in [0.4, 0.5) is 4.39 Å². The van der Waals surface area contributed by atoms with Crippen LogP contribution in [0.2, 0.25) is 0 Å². The lowest BCUT2D eigenvalue weighted by Crippen LogP contribution is -2.14. The molecule has 1 atom stereocenters. The number of hydrogen-bond donors (Lipinski definition) is 0. The number of rotatable bonds is 2. The zero-order valence-corrected chi connectivity index (χ0v) is 9.44. The van der Waals surface area contributed by atoms with Crippen molar-refractivity contribution in [2.24, 2.45) is 5.92 Å².